The first-order chi connectivity index (χ1) is 7.56. The number of esters is 1. The van der Waals surface area contributed by atoms with E-state index in [-0.39, 0.29) is 5.97 Å². The van der Waals surface area contributed by atoms with Gasteiger partial charge < -0.3 is 4.74 Å². The Labute approximate surface area is 100 Å². The lowest BCUT2D eigenvalue weighted by atomic mass is 10.0. The van der Waals surface area contributed by atoms with E-state index >= 15 is 0 Å². The average molecular weight is 226 g/mol. The largest absolute Gasteiger partial charge is 0.466 e. The van der Waals surface area contributed by atoms with Gasteiger partial charge in [-0.25, -0.2) is 0 Å². The molecule has 0 rings (SSSR count). The number of allylic oxidation sites excluding steroid dienone is 2. The summed E-state index contributed by atoms with van der Waals surface area (Å²) >= 11 is 0. The molecule has 0 radical (unpaired) electrons. The Bertz CT molecular complexity index is 215. The number of carbonyl (C=O) groups is 1. The summed E-state index contributed by atoms with van der Waals surface area (Å²) in [7, 11) is 0. The van der Waals surface area contributed by atoms with Crippen molar-refractivity contribution in [2.24, 2.45) is 5.92 Å². The van der Waals surface area contributed by atoms with Gasteiger partial charge in [-0.1, -0.05) is 31.9 Å². The van der Waals surface area contributed by atoms with E-state index in [0.717, 1.165) is 25.7 Å². The Kier molecular flexibility index (Phi) is 8.97. The molecule has 0 aliphatic rings. The zero-order valence-corrected chi connectivity index (χ0v) is 11.2. The van der Waals surface area contributed by atoms with Crippen LogP contribution in [0.4, 0.5) is 0 Å². The van der Waals surface area contributed by atoms with Crippen molar-refractivity contribution in [3.63, 3.8) is 0 Å². The molecule has 0 aliphatic carbocycles. The van der Waals surface area contributed by atoms with Gasteiger partial charge in [-0.2, -0.15) is 0 Å². The number of carbonyl (C=O) groups excluding carboxylic acids is 1. The Hall–Kier alpha value is -0.790. The molecule has 94 valence electrons. The van der Waals surface area contributed by atoms with Gasteiger partial charge in [0.15, 0.2) is 0 Å². The van der Waals surface area contributed by atoms with Crippen LogP contribution in [0, 0.1) is 5.92 Å². The van der Waals surface area contributed by atoms with Crippen molar-refractivity contribution in [2.45, 2.75) is 59.8 Å². The quantitative estimate of drug-likeness (QED) is 0.354. The van der Waals surface area contributed by atoms with Gasteiger partial charge in [0.25, 0.3) is 0 Å². The standard InChI is InChI=1S/C14H26O2/c1-5-6-10-16-14(15)11-13(4)9-7-8-12(2)3/h8,13H,5-7,9-11H2,1-4H3/t13-/m1/s1. The predicted molar refractivity (Wildman–Crippen MR) is 68.3 cm³/mol. The molecule has 0 aromatic rings. The highest BCUT2D eigenvalue weighted by Crippen LogP contribution is 2.12. The second-order valence-electron chi connectivity index (χ2n) is 4.74. The van der Waals surface area contributed by atoms with Crippen LogP contribution in [-0.4, -0.2) is 12.6 Å². The van der Waals surface area contributed by atoms with Crippen molar-refractivity contribution >= 4 is 5.97 Å². The zero-order chi connectivity index (χ0) is 12.4. The second kappa shape index (κ2) is 9.44. The normalized spacial score (nSPS) is 12.0. The van der Waals surface area contributed by atoms with Gasteiger partial charge in [-0.15, -0.1) is 0 Å². The van der Waals surface area contributed by atoms with E-state index in [9.17, 15) is 4.79 Å². The zero-order valence-electron chi connectivity index (χ0n) is 11.2. The van der Waals surface area contributed by atoms with E-state index < -0.39 is 0 Å². The molecule has 0 aromatic heterocycles. The molecule has 0 saturated carbocycles. The smallest absolute Gasteiger partial charge is 0.306 e. The fraction of sp³-hybridized carbons (Fsp3) is 0.786. The molecule has 2 nitrogen and oxygen atoms in total. The molecule has 2 heteroatoms. The van der Waals surface area contributed by atoms with Crippen molar-refractivity contribution in [1.82, 2.24) is 0 Å². The summed E-state index contributed by atoms with van der Waals surface area (Å²) in [5.41, 5.74) is 1.35. The van der Waals surface area contributed by atoms with Gasteiger partial charge in [0.1, 0.15) is 0 Å². The molecule has 0 aromatic carbocycles. The van der Waals surface area contributed by atoms with E-state index in [1.165, 1.54) is 5.57 Å². The van der Waals surface area contributed by atoms with Crippen molar-refractivity contribution in [3.05, 3.63) is 11.6 Å². The van der Waals surface area contributed by atoms with Crippen molar-refractivity contribution in [1.29, 1.82) is 0 Å². The molecule has 0 bridgehead atoms. The van der Waals surface area contributed by atoms with Crippen LogP contribution in [0.3, 0.4) is 0 Å². The van der Waals surface area contributed by atoms with Crippen LogP contribution >= 0.6 is 0 Å². The van der Waals surface area contributed by atoms with E-state index in [2.05, 4.69) is 33.8 Å². The van der Waals surface area contributed by atoms with Crippen molar-refractivity contribution < 1.29 is 9.53 Å². The number of hydrogen-bond donors (Lipinski definition) is 0. The first-order valence-corrected chi connectivity index (χ1v) is 6.35. The highest BCUT2D eigenvalue weighted by Gasteiger charge is 2.09. The maximum absolute atomic E-state index is 11.4. The van der Waals surface area contributed by atoms with Crippen LogP contribution < -0.4 is 0 Å². The molecule has 0 saturated heterocycles. The van der Waals surface area contributed by atoms with Gasteiger partial charge in [0.05, 0.1) is 6.61 Å². The lowest BCUT2D eigenvalue weighted by Gasteiger charge is -2.09. The minimum atomic E-state index is -0.0434. The molecule has 0 aliphatic heterocycles. The highest BCUT2D eigenvalue weighted by molar-refractivity contribution is 5.69. The second-order valence-corrected chi connectivity index (χ2v) is 4.74. The first kappa shape index (κ1) is 15.2. The fourth-order valence-corrected chi connectivity index (χ4v) is 1.43. The Morgan fingerprint density at radius 1 is 1.38 bits per heavy atom. The monoisotopic (exact) mass is 226 g/mol. The van der Waals surface area contributed by atoms with Gasteiger partial charge in [-0.05, 0) is 39.0 Å². The van der Waals surface area contributed by atoms with Gasteiger partial charge >= 0.3 is 5.97 Å². The molecular weight excluding hydrogens is 200 g/mol. The van der Waals surface area contributed by atoms with E-state index in [4.69, 9.17) is 4.74 Å². The maximum Gasteiger partial charge on any atom is 0.306 e. The summed E-state index contributed by atoms with van der Waals surface area (Å²) in [6.07, 6.45) is 6.94. The third-order valence-corrected chi connectivity index (χ3v) is 2.49. The number of unbranched alkanes of at least 4 members (excludes halogenated alkanes) is 1. The first-order valence-electron chi connectivity index (χ1n) is 6.35. The van der Waals surface area contributed by atoms with Gasteiger partial charge in [0, 0.05) is 6.42 Å². The van der Waals surface area contributed by atoms with Crippen molar-refractivity contribution in [2.75, 3.05) is 6.61 Å². The third kappa shape index (κ3) is 9.75. The predicted octanol–water partition coefficient (Wildman–Crippen LogP) is 4.10. The lowest BCUT2D eigenvalue weighted by molar-refractivity contribution is -0.144. The van der Waals surface area contributed by atoms with E-state index in [1.54, 1.807) is 0 Å². The van der Waals surface area contributed by atoms with Crippen LogP contribution in [0.2, 0.25) is 0 Å². The topological polar surface area (TPSA) is 26.3 Å². The molecule has 0 amide bonds. The van der Waals surface area contributed by atoms with E-state index in [0.29, 0.717) is 18.9 Å². The summed E-state index contributed by atoms with van der Waals surface area (Å²) in [4.78, 5) is 11.4. The molecule has 0 fully saturated rings. The number of rotatable bonds is 8. The number of ether oxygens (including phenoxy) is 1. The minimum Gasteiger partial charge on any atom is -0.466 e. The average Bonchev–Trinajstić information content (AvgIpc) is 2.17. The molecule has 16 heavy (non-hydrogen) atoms. The molecule has 0 heterocycles. The van der Waals surface area contributed by atoms with Crippen LogP contribution in [-0.2, 0) is 9.53 Å². The summed E-state index contributed by atoms with van der Waals surface area (Å²) < 4.78 is 5.13. The summed E-state index contributed by atoms with van der Waals surface area (Å²) in [5, 5.41) is 0. The van der Waals surface area contributed by atoms with Crippen LogP contribution in [0.15, 0.2) is 11.6 Å². The summed E-state index contributed by atoms with van der Waals surface area (Å²) in [6.45, 7) is 8.99. The highest BCUT2D eigenvalue weighted by atomic mass is 16.5. The molecule has 0 N–H and O–H groups in total. The van der Waals surface area contributed by atoms with Crippen molar-refractivity contribution in [3.8, 4) is 0 Å². The van der Waals surface area contributed by atoms with Crippen LogP contribution in [0.1, 0.15) is 59.8 Å². The van der Waals surface area contributed by atoms with Crippen LogP contribution in [0.5, 0.6) is 0 Å². The fourth-order valence-electron chi connectivity index (χ4n) is 1.43. The van der Waals surface area contributed by atoms with Gasteiger partial charge in [0.2, 0.25) is 0 Å². The Morgan fingerprint density at radius 2 is 2.06 bits per heavy atom. The summed E-state index contributed by atoms with van der Waals surface area (Å²) in [6, 6.07) is 0. The Morgan fingerprint density at radius 3 is 2.62 bits per heavy atom. The molecular formula is C14H26O2. The third-order valence-electron chi connectivity index (χ3n) is 2.49. The maximum atomic E-state index is 11.4. The van der Waals surface area contributed by atoms with Gasteiger partial charge in [-0.3, -0.25) is 4.79 Å². The lowest BCUT2D eigenvalue weighted by Crippen LogP contribution is -2.10. The SMILES string of the molecule is CCCCOC(=O)C[C@H](C)CCC=C(C)C. The molecule has 0 spiro atoms. The number of hydrogen-bond acceptors (Lipinski definition) is 2. The van der Waals surface area contributed by atoms with E-state index in [1.807, 2.05) is 0 Å². The van der Waals surface area contributed by atoms with Crippen LogP contribution in [0.25, 0.3) is 0 Å². The Balaban J connectivity index is 3.58. The molecule has 1 atom stereocenters. The summed E-state index contributed by atoms with van der Waals surface area (Å²) in [5.74, 6) is 0.378. The minimum absolute atomic E-state index is 0.0434. The molecule has 0 unspecified atom stereocenters.